The molecule has 4 atom stereocenters. The van der Waals surface area contributed by atoms with E-state index >= 15 is 0 Å². The molecule has 1 fully saturated rings. The third-order valence-electron chi connectivity index (χ3n) is 4.69. The van der Waals surface area contributed by atoms with E-state index in [0.29, 0.717) is 5.70 Å². The number of nitrogens with one attached hydrogen (secondary N) is 4. The summed E-state index contributed by atoms with van der Waals surface area (Å²) in [5.74, 6) is -0.630. The van der Waals surface area contributed by atoms with Crippen LogP contribution in [0, 0.1) is 0 Å². The smallest absolute Gasteiger partial charge is 0.272 e. The second-order valence-electron chi connectivity index (χ2n) is 6.52. The van der Waals surface area contributed by atoms with E-state index in [2.05, 4.69) is 32.4 Å². The van der Waals surface area contributed by atoms with Crippen molar-refractivity contribution < 1.29 is 9.18 Å². The number of rotatable bonds is 3. The van der Waals surface area contributed by atoms with Crippen LogP contribution in [-0.2, 0) is 4.79 Å². The van der Waals surface area contributed by atoms with Gasteiger partial charge < -0.3 is 21.7 Å². The van der Waals surface area contributed by atoms with Gasteiger partial charge in [-0.2, -0.15) is 0 Å². The quantitative estimate of drug-likeness (QED) is 0.414. The summed E-state index contributed by atoms with van der Waals surface area (Å²) in [6, 6.07) is 0.195. The standard InChI is InChI=1S/C16H22FN7O/c17-10-1-2-13(19-7-10)21-16(25)12-8-20-14-3-4-15(22-24(12)14)23-6-5-11(18)9-23/h1-4,7-8,11,13-15,19-20,22H,5-6,9,18H2,(H,21,25)/t11-,13?,14?,15?/m0/s1. The van der Waals surface area contributed by atoms with Crippen molar-refractivity contribution in [3.63, 3.8) is 0 Å². The highest BCUT2D eigenvalue weighted by atomic mass is 19.1. The molecule has 8 nitrogen and oxygen atoms in total. The van der Waals surface area contributed by atoms with Crippen LogP contribution in [0.25, 0.3) is 0 Å². The lowest BCUT2D eigenvalue weighted by Crippen LogP contribution is -2.59. The number of amides is 1. The highest BCUT2D eigenvalue weighted by Crippen LogP contribution is 2.21. The summed E-state index contributed by atoms with van der Waals surface area (Å²) in [6.45, 7) is 1.75. The van der Waals surface area contributed by atoms with Gasteiger partial charge in [0.25, 0.3) is 5.91 Å². The molecule has 0 aromatic rings. The van der Waals surface area contributed by atoms with Gasteiger partial charge in [0, 0.05) is 31.5 Å². The molecule has 4 aliphatic rings. The van der Waals surface area contributed by atoms with Gasteiger partial charge in [0.2, 0.25) is 0 Å². The van der Waals surface area contributed by atoms with Crippen molar-refractivity contribution in [3.8, 4) is 0 Å². The third kappa shape index (κ3) is 3.26. The second kappa shape index (κ2) is 6.51. The van der Waals surface area contributed by atoms with Crippen LogP contribution in [0.4, 0.5) is 4.39 Å². The number of carbonyl (C=O) groups excluding carboxylic acids is 1. The fraction of sp³-hybridized carbons (Fsp3) is 0.438. The van der Waals surface area contributed by atoms with Gasteiger partial charge in [-0.3, -0.25) is 14.7 Å². The summed E-state index contributed by atoms with van der Waals surface area (Å²) in [7, 11) is 0. The maximum atomic E-state index is 13.0. The summed E-state index contributed by atoms with van der Waals surface area (Å²) in [4.78, 5) is 14.8. The van der Waals surface area contributed by atoms with Crippen LogP contribution in [0.2, 0.25) is 0 Å². The van der Waals surface area contributed by atoms with Crippen LogP contribution in [-0.4, -0.2) is 53.4 Å². The molecule has 9 heteroatoms. The molecule has 134 valence electrons. The number of hydrogen-bond donors (Lipinski definition) is 5. The van der Waals surface area contributed by atoms with Gasteiger partial charge in [0.15, 0.2) is 0 Å². The van der Waals surface area contributed by atoms with Crippen molar-refractivity contribution >= 4 is 5.91 Å². The highest BCUT2D eigenvalue weighted by Gasteiger charge is 2.36. The summed E-state index contributed by atoms with van der Waals surface area (Å²) in [6.07, 6.45) is 10.3. The number of nitrogens with two attached hydrogens (primary N) is 1. The predicted molar refractivity (Wildman–Crippen MR) is 90.5 cm³/mol. The number of allylic oxidation sites excluding steroid dienone is 2. The molecule has 4 aliphatic heterocycles. The van der Waals surface area contributed by atoms with E-state index < -0.39 is 6.17 Å². The van der Waals surface area contributed by atoms with Crippen molar-refractivity contribution in [3.05, 3.63) is 48.2 Å². The molecular weight excluding hydrogens is 325 g/mol. The number of hydrazine groups is 1. The Labute approximate surface area is 145 Å². The zero-order chi connectivity index (χ0) is 17.4. The maximum Gasteiger partial charge on any atom is 0.272 e. The van der Waals surface area contributed by atoms with Crippen LogP contribution in [0.5, 0.6) is 0 Å². The van der Waals surface area contributed by atoms with Crippen LogP contribution in [0.3, 0.4) is 0 Å². The number of halogens is 1. The lowest BCUT2D eigenvalue weighted by molar-refractivity contribution is -0.120. The molecule has 0 radical (unpaired) electrons. The van der Waals surface area contributed by atoms with Crippen molar-refractivity contribution in [2.24, 2.45) is 5.73 Å². The first-order chi connectivity index (χ1) is 12.1. The number of carbonyl (C=O) groups is 1. The average molecular weight is 347 g/mol. The van der Waals surface area contributed by atoms with Crippen molar-refractivity contribution in [2.45, 2.75) is 31.0 Å². The first kappa shape index (κ1) is 16.1. The molecular formula is C16H22FN7O. The van der Waals surface area contributed by atoms with Crippen molar-refractivity contribution in [2.75, 3.05) is 13.1 Å². The molecule has 1 amide bonds. The lowest BCUT2D eigenvalue weighted by Gasteiger charge is -2.38. The number of fused-ring (bicyclic) bond motifs is 1. The first-order valence-corrected chi connectivity index (χ1v) is 8.40. The average Bonchev–Trinajstić information content (AvgIpc) is 3.22. The van der Waals surface area contributed by atoms with E-state index in [0.717, 1.165) is 19.5 Å². The molecule has 4 heterocycles. The normalized spacial score (nSPS) is 34.1. The van der Waals surface area contributed by atoms with Crippen LogP contribution >= 0.6 is 0 Å². The Hall–Kier alpha value is -2.36. The topological polar surface area (TPSA) is 97.7 Å². The minimum Gasteiger partial charge on any atom is -0.366 e. The van der Waals surface area contributed by atoms with E-state index in [1.807, 2.05) is 11.1 Å². The van der Waals surface area contributed by atoms with Gasteiger partial charge in [-0.05, 0) is 24.6 Å². The van der Waals surface area contributed by atoms with Crippen LogP contribution in [0.15, 0.2) is 48.2 Å². The van der Waals surface area contributed by atoms with E-state index in [-0.39, 0.29) is 30.1 Å². The summed E-state index contributed by atoms with van der Waals surface area (Å²) in [5, 5.41) is 10.6. The lowest BCUT2D eigenvalue weighted by atomic mass is 10.2. The van der Waals surface area contributed by atoms with Crippen molar-refractivity contribution in [1.82, 2.24) is 31.3 Å². The zero-order valence-electron chi connectivity index (χ0n) is 13.7. The molecule has 0 aliphatic carbocycles. The Morgan fingerprint density at radius 2 is 2.08 bits per heavy atom. The summed E-state index contributed by atoms with van der Waals surface area (Å²) in [5.41, 5.74) is 9.84. The largest absolute Gasteiger partial charge is 0.366 e. The van der Waals surface area contributed by atoms with Crippen LogP contribution in [0.1, 0.15) is 6.42 Å². The van der Waals surface area contributed by atoms with E-state index in [1.54, 1.807) is 12.3 Å². The number of likely N-dealkylation sites (tertiary alicyclic amines) is 1. The molecule has 1 saturated heterocycles. The Balaban J connectivity index is 1.39. The molecule has 3 unspecified atom stereocenters. The molecule has 0 bridgehead atoms. The minimum atomic E-state index is -0.445. The fourth-order valence-corrected chi connectivity index (χ4v) is 3.36. The number of nitrogens with zero attached hydrogens (tertiary/aromatic N) is 2. The number of hydrogen-bond acceptors (Lipinski definition) is 7. The summed E-state index contributed by atoms with van der Waals surface area (Å²) >= 11 is 0. The highest BCUT2D eigenvalue weighted by molar-refractivity contribution is 5.93. The molecule has 25 heavy (non-hydrogen) atoms. The Kier molecular flexibility index (Phi) is 4.20. The molecule has 4 rings (SSSR count). The maximum absolute atomic E-state index is 13.0. The first-order valence-electron chi connectivity index (χ1n) is 8.40. The van der Waals surface area contributed by atoms with E-state index in [9.17, 15) is 9.18 Å². The minimum absolute atomic E-state index is 0.00521. The summed E-state index contributed by atoms with van der Waals surface area (Å²) < 4.78 is 13.0. The predicted octanol–water partition coefficient (Wildman–Crippen LogP) is -1.09. The molecule has 0 saturated carbocycles. The van der Waals surface area contributed by atoms with Gasteiger partial charge in [0.1, 0.15) is 23.9 Å². The van der Waals surface area contributed by atoms with E-state index in [1.165, 1.54) is 12.3 Å². The second-order valence-corrected chi connectivity index (χ2v) is 6.52. The Bertz CT molecular complexity index is 673. The molecule has 6 N–H and O–H groups in total. The molecule has 0 aromatic carbocycles. The zero-order valence-corrected chi connectivity index (χ0v) is 13.7. The Morgan fingerprint density at radius 1 is 1.24 bits per heavy atom. The van der Waals surface area contributed by atoms with Gasteiger partial charge in [-0.15, -0.1) is 0 Å². The van der Waals surface area contributed by atoms with Gasteiger partial charge in [-0.25, -0.2) is 9.82 Å². The van der Waals surface area contributed by atoms with Gasteiger partial charge >= 0.3 is 0 Å². The molecule has 0 spiro atoms. The van der Waals surface area contributed by atoms with E-state index in [4.69, 9.17) is 5.73 Å². The third-order valence-corrected chi connectivity index (χ3v) is 4.69. The van der Waals surface area contributed by atoms with Gasteiger partial charge in [0.05, 0.1) is 6.17 Å². The molecule has 0 aromatic heterocycles. The fourth-order valence-electron chi connectivity index (χ4n) is 3.36. The van der Waals surface area contributed by atoms with Crippen molar-refractivity contribution in [1.29, 1.82) is 0 Å². The SMILES string of the molecule is N[C@H]1CCN(C2C=CC3NC=C(C(=O)NC4C=CC(F)=CN4)N3N2)C1. The Morgan fingerprint density at radius 3 is 2.80 bits per heavy atom. The number of dihydropyridines is 1. The van der Waals surface area contributed by atoms with Crippen LogP contribution < -0.4 is 27.1 Å². The van der Waals surface area contributed by atoms with Gasteiger partial charge in [-0.1, -0.05) is 6.08 Å². The monoisotopic (exact) mass is 347 g/mol.